The Morgan fingerprint density at radius 3 is 2.31 bits per heavy atom. The van der Waals surface area contributed by atoms with E-state index in [9.17, 15) is 9.59 Å². The van der Waals surface area contributed by atoms with E-state index in [2.05, 4.69) is 83.5 Å². The molecule has 0 saturated heterocycles. The van der Waals surface area contributed by atoms with Crippen LogP contribution in [0.4, 0.5) is 5.13 Å². The molecule has 5 aliphatic rings. The first-order valence-corrected chi connectivity index (χ1v) is 21.3. The Bertz CT molecular complexity index is 1760. The first kappa shape index (κ1) is 37.6. The summed E-state index contributed by atoms with van der Waals surface area (Å²) < 4.78 is 4.98. The summed E-state index contributed by atoms with van der Waals surface area (Å²) in [6.45, 7) is 24.7. The lowest BCUT2D eigenvalue weighted by Gasteiger charge is -2.73. The molecule has 2 aromatic rings. The molecule has 4 saturated carbocycles. The van der Waals surface area contributed by atoms with Gasteiger partial charge in [0.15, 0.2) is 10.9 Å². The van der Waals surface area contributed by atoms with Crippen LogP contribution in [0.2, 0.25) is 0 Å². The number of methoxy groups -OCH3 is 1. The molecule has 1 aromatic carbocycles. The first-order valence-electron chi connectivity index (χ1n) is 20.4. The van der Waals surface area contributed by atoms with E-state index < -0.39 is 0 Å². The van der Waals surface area contributed by atoms with Gasteiger partial charge >= 0.3 is 5.97 Å². The summed E-state index contributed by atoms with van der Waals surface area (Å²) in [4.78, 5) is 33.3. The van der Waals surface area contributed by atoms with E-state index in [0.29, 0.717) is 53.9 Å². The molecule has 0 N–H and O–H groups in total. The molecule has 0 unspecified atom stereocenters. The molecule has 0 spiro atoms. The van der Waals surface area contributed by atoms with E-state index in [4.69, 9.17) is 9.72 Å². The lowest BCUT2D eigenvalue weighted by atomic mass is 9.33. The minimum Gasteiger partial charge on any atom is -0.465 e. The molecule has 6 heteroatoms. The van der Waals surface area contributed by atoms with Crippen molar-refractivity contribution in [2.24, 2.45) is 51.2 Å². The van der Waals surface area contributed by atoms with Gasteiger partial charge < -0.3 is 9.64 Å². The third-order valence-electron chi connectivity index (χ3n) is 16.6. The second kappa shape index (κ2) is 13.2. The van der Waals surface area contributed by atoms with Crippen molar-refractivity contribution in [1.29, 1.82) is 0 Å². The van der Waals surface area contributed by atoms with Crippen molar-refractivity contribution in [3.8, 4) is 0 Å². The SMILES string of the molecule is C=C(C)[C@@H]1CC[C@]2(N(CC(=O)CC)c3nc(CC)cs3)CC[C@]3(C)[C@H](CC[C@@H]4[C@@]5(C)CC=C(c6ccc(C(=O)OC)cc6)C(C)(C)[C@@H]5CC[C@]43C)[C@@H]12. The molecule has 52 heavy (non-hydrogen) atoms. The number of rotatable bonds is 9. The lowest BCUT2D eigenvalue weighted by Crippen LogP contribution is -2.68. The number of fused-ring (bicyclic) bond motifs is 7. The van der Waals surface area contributed by atoms with Crippen LogP contribution >= 0.6 is 11.3 Å². The van der Waals surface area contributed by atoms with Crippen LogP contribution in [-0.4, -0.2) is 35.9 Å². The minimum absolute atomic E-state index is 0.0223. The smallest absolute Gasteiger partial charge is 0.337 e. The van der Waals surface area contributed by atoms with Crippen LogP contribution < -0.4 is 4.90 Å². The fourth-order valence-corrected chi connectivity index (χ4v) is 14.9. The van der Waals surface area contributed by atoms with Gasteiger partial charge in [-0.3, -0.25) is 4.79 Å². The molecule has 5 nitrogen and oxygen atoms in total. The number of carbonyl (C=O) groups excluding carboxylic acids is 2. The number of esters is 1. The average molecular weight is 725 g/mol. The van der Waals surface area contributed by atoms with Gasteiger partial charge in [0.05, 0.1) is 24.9 Å². The average Bonchev–Trinajstić information content (AvgIpc) is 3.76. The van der Waals surface area contributed by atoms with Crippen LogP contribution in [0.15, 0.2) is 47.9 Å². The number of carbonyl (C=O) groups is 2. The van der Waals surface area contributed by atoms with Crippen molar-refractivity contribution in [3.63, 3.8) is 0 Å². The van der Waals surface area contributed by atoms with E-state index in [1.165, 1.54) is 55.9 Å². The highest BCUT2D eigenvalue weighted by atomic mass is 32.1. The molecule has 282 valence electrons. The number of aromatic nitrogens is 1. The Morgan fingerprint density at radius 2 is 1.67 bits per heavy atom. The molecule has 0 radical (unpaired) electrons. The van der Waals surface area contributed by atoms with Gasteiger partial charge in [-0.25, -0.2) is 9.78 Å². The van der Waals surface area contributed by atoms with Gasteiger partial charge in [0, 0.05) is 17.3 Å². The Morgan fingerprint density at radius 1 is 0.942 bits per heavy atom. The number of anilines is 1. The zero-order valence-electron chi connectivity index (χ0n) is 33.6. The van der Waals surface area contributed by atoms with Gasteiger partial charge in [0.2, 0.25) is 0 Å². The Hall–Kier alpha value is -2.73. The molecule has 7 rings (SSSR count). The van der Waals surface area contributed by atoms with Gasteiger partial charge in [-0.05, 0) is 146 Å². The predicted octanol–water partition coefficient (Wildman–Crippen LogP) is 11.4. The Labute approximate surface area is 318 Å². The summed E-state index contributed by atoms with van der Waals surface area (Å²) in [5.41, 5.74) is 6.38. The number of aryl methyl sites for hydroxylation is 1. The van der Waals surface area contributed by atoms with Crippen molar-refractivity contribution >= 4 is 33.8 Å². The van der Waals surface area contributed by atoms with E-state index in [-0.39, 0.29) is 33.2 Å². The molecule has 1 aromatic heterocycles. The Balaban J connectivity index is 1.25. The maximum Gasteiger partial charge on any atom is 0.337 e. The highest BCUT2D eigenvalue weighted by molar-refractivity contribution is 7.13. The highest BCUT2D eigenvalue weighted by Gasteiger charge is 2.71. The third-order valence-corrected chi connectivity index (χ3v) is 17.5. The fourth-order valence-electron chi connectivity index (χ4n) is 13.9. The second-order valence-electron chi connectivity index (χ2n) is 18.9. The van der Waals surface area contributed by atoms with Gasteiger partial charge in [-0.15, -0.1) is 11.3 Å². The highest BCUT2D eigenvalue weighted by Crippen LogP contribution is 2.77. The van der Waals surface area contributed by atoms with Gasteiger partial charge in [-0.2, -0.15) is 0 Å². The summed E-state index contributed by atoms with van der Waals surface area (Å²) in [7, 11) is 1.44. The van der Waals surface area contributed by atoms with E-state index in [1.807, 2.05) is 19.1 Å². The number of allylic oxidation sites excluding steroid dienone is 3. The topological polar surface area (TPSA) is 59.5 Å². The molecule has 9 atom stereocenters. The van der Waals surface area contributed by atoms with E-state index in [1.54, 1.807) is 11.3 Å². The van der Waals surface area contributed by atoms with Crippen molar-refractivity contribution in [1.82, 2.24) is 4.98 Å². The van der Waals surface area contributed by atoms with Crippen molar-refractivity contribution in [3.05, 3.63) is 64.7 Å². The Kier molecular flexibility index (Phi) is 9.57. The molecule has 4 fully saturated rings. The van der Waals surface area contributed by atoms with Crippen LogP contribution in [0.3, 0.4) is 0 Å². The fraction of sp³-hybridized carbons (Fsp3) is 0.674. The second-order valence-corrected chi connectivity index (χ2v) is 19.7. The van der Waals surface area contributed by atoms with Gasteiger partial charge in [-0.1, -0.05) is 78.8 Å². The number of Topliss-reactive ketones (excluding diaryl/α,β-unsaturated/α-hetero) is 1. The maximum absolute atomic E-state index is 13.4. The first-order chi connectivity index (χ1) is 24.6. The predicted molar refractivity (Wildman–Crippen MR) is 215 cm³/mol. The van der Waals surface area contributed by atoms with Crippen LogP contribution in [0, 0.1) is 51.2 Å². The number of ether oxygens (including phenoxy) is 1. The van der Waals surface area contributed by atoms with E-state index in [0.717, 1.165) is 42.9 Å². The van der Waals surface area contributed by atoms with Gasteiger partial charge in [0.25, 0.3) is 0 Å². The standard InChI is InChI=1S/C46H64N2O3S/c1-11-32-28-52-41(47-32)48(27-33(49)12-2)46-24-19-34(29(3)4)39(46)36-17-18-38-43(7)22-20-35(30-13-15-31(16-14-30)40(50)51-10)42(5,6)37(43)21-23-45(38,9)44(36,8)25-26-46/h13-16,20,28,34,36-39H,3,11-12,17-19,21-27H2,1-2,4-10H3/t34-,36+,37-,38+,39+,43-,44+,45+,46-/m0/s1. The number of nitrogens with zero attached hydrogens (tertiary/aromatic N) is 2. The normalized spacial score (nSPS) is 37.5. The van der Waals surface area contributed by atoms with Crippen LogP contribution in [0.1, 0.15) is 141 Å². The third kappa shape index (κ3) is 5.37. The summed E-state index contributed by atoms with van der Waals surface area (Å²) in [5.74, 6) is 2.83. The monoisotopic (exact) mass is 724 g/mol. The van der Waals surface area contributed by atoms with Crippen molar-refractivity contribution < 1.29 is 14.3 Å². The largest absolute Gasteiger partial charge is 0.465 e. The minimum atomic E-state index is -0.283. The van der Waals surface area contributed by atoms with Crippen LogP contribution in [0.25, 0.3) is 5.57 Å². The van der Waals surface area contributed by atoms with Crippen molar-refractivity contribution in [2.75, 3.05) is 18.6 Å². The lowest BCUT2D eigenvalue weighted by molar-refractivity contribution is -0.217. The van der Waals surface area contributed by atoms with Gasteiger partial charge in [0.1, 0.15) is 0 Å². The van der Waals surface area contributed by atoms with Crippen LogP contribution in [-0.2, 0) is 16.0 Å². The molecule has 0 amide bonds. The zero-order valence-corrected chi connectivity index (χ0v) is 34.4. The quantitative estimate of drug-likeness (QED) is 0.190. The van der Waals surface area contributed by atoms with Crippen LogP contribution in [0.5, 0.6) is 0 Å². The number of hydrogen-bond acceptors (Lipinski definition) is 6. The molecular formula is C46H64N2O3S. The summed E-state index contributed by atoms with van der Waals surface area (Å²) in [6.07, 6.45) is 14.9. The number of ketones is 1. The molecule has 1 heterocycles. The summed E-state index contributed by atoms with van der Waals surface area (Å²) in [6, 6.07) is 8.10. The number of thiazole rings is 1. The maximum atomic E-state index is 13.4. The molecular weight excluding hydrogens is 661 g/mol. The molecule has 0 bridgehead atoms. The summed E-state index contributed by atoms with van der Waals surface area (Å²) >= 11 is 1.75. The van der Waals surface area contributed by atoms with E-state index >= 15 is 0 Å². The number of benzene rings is 1. The molecule has 5 aliphatic carbocycles. The zero-order chi connectivity index (χ0) is 37.4. The van der Waals surface area contributed by atoms with Crippen molar-refractivity contribution in [2.45, 2.75) is 132 Å². The number of hydrogen-bond donors (Lipinski definition) is 0. The summed E-state index contributed by atoms with van der Waals surface area (Å²) in [5, 5.41) is 3.28. The molecule has 0 aliphatic heterocycles.